The van der Waals surface area contributed by atoms with Gasteiger partial charge in [-0.15, -0.1) is 0 Å². The number of nitrogens with zero attached hydrogens (tertiary/aromatic N) is 2. The monoisotopic (exact) mass is 275 g/mol. The van der Waals surface area contributed by atoms with E-state index in [-0.39, 0.29) is 18.5 Å². The molecule has 0 radical (unpaired) electrons. The summed E-state index contributed by atoms with van der Waals surface area (Å²) in [4.78, 5) is 32.5. The molecule has 1 aromatic rings. The minimum absolute atomic E-state index is 0.0896. The van der Waals surface area contributed by atoms with Crippen LogP contribution in [0, 0.1) is 0 Å². The second kappa shape index (κ2) is 5.73. The standard InChI is InChI=1S/C9H14N3O5P/c10-7-3-4-12(9(13)11-7)8-2-1-6(17-8)5-16-18(14)15/h3-4,6,8,14-15H,1-2,5H2,(H2,10,11,13). The Balaban J connectivity index is 1.98. The molecule has 1 aliphatic heterocycles. The number of anilines is 1. The maximum absolute atomic E-state index is 11.6. The van der Waals surface area contributed by atoms with Crippen LogP contribution in [0.3, 0.4) is 0 Å². The molecule has 2 unspecified atom stereocenters. The van der Waals surface area contributed by atoms with Crippen LogP contribution >= 0.6 is 8.60 Å². The Hall–Kier alpha value is -1.05. The van der Waals surface area contributed by atoms with Crippen LogP contribution in [-0.2, 0) is 9.26 Å². The number of aromatic nitrogens is 2. The summed E-state index contributed by atoms with van der Waals surface area (Å²) in [6.45, 7) is 0.0896. The van der Waals surface area contributed by atoms with Crippen molar-refractivity contribution in [1.82, 2.24) is 9.55 Å². The smallest absolute Gasteiger partial charge is 0.351 e. The molecule has 100 valence electrons. The summed E-state index contributed by atoms with van der Waals surface area (Å²) >= 11 is 0. The maximum Gasteiger partial charge on any atom is 0.351 e. The van der Waals surface area contributed by atoms with Crippen molar-refractivity contribution < 1.29 is 19.0 Å². The number of hydrogen-bond donors (Lipinski definition) is 3. The summed E-state index contributed by atoms with van der Waals surface area (Å²) in [7, 11) is -2.37. The van der Waals surface area contributed by atoms with Crippen LogP contribution in [0.15, 0.2) is 17.1 Å². The fourth-order valence-corrected chi connectivity index (χ4v) is 2.11. The molecule has 0 aromatic carbocycles. The largest absolute Gasteiger partial charge is 0.383 e. The van der Waals surface area contributed by atoms with Crippen molar-refractivity contribution in [3.63, 3.8) is 0 Å². The summed E-state index contributed by atoms with van der Waals surface area (Å²) < 4.78 is 11.6. The summed E-state index contributed by atoms with van der Waals surface area (Å²) in [5, 5.41) is 0. The Morgan fingerprint density at radius 1 is 1.61 bits per heavy atom. The molecule has 0 amide bonds. The maximum atomic E-state index is 11.6. The van der Waals surface area contributed by atoms with Gasteiger partial charge in [0.25, 0.3) is 0 Å². The van der Waals surface area contributed by atoms with Crippen LogP contribution in [0.5, 0.6) is 0 Å². The van der Waals surface area contributed by atoms with E-state index >= 15 is 0 Å². The molecule has 1 aliphatic rings. The Labute approximate surface area is 104 Å². The minimum atomic E-state index is -2.37. The molecule has 18 heavy (non-hydrogen) atoms. The highest BCUT2D eigenvalue weighted by molar-refractivity contribution is 7.39. The molecular weight excluding hydrogens is 261 g/mol. The van der Waals surface area contributed by atoms with E-state index < -0.39 is 20.5 Å². The van der Waals surface area contributed by atoms with E-state index in [1.807, 2.05) is 0 Å². The average Bonchev–Trinajstić information content (AvgIpc) is 2.75. The topological polar surface area (TPSA) is 120 Å². The van der Waals surface area contributed by atoms with Gasteiger partial charge in [0.05, 0.1) is 12.7 Å². The number of rotatable bonds is 4. The molecule has 2 atom stereocenters. The fraction of sp³-hybridized carbons (Fsp3) is 0.556. The third-order valence-electron chi connectivity index (χ3n) is 2.62. The number of hydrogen-bond acceptors (Lipinski definition) is 7. The summed E-state index contributed by atoms with van der Waals surface area (Å²) in [5.74, 6) is 0.167. The lowest BCUT2D eigenvalue weighted by atomic mass is 10.2. The van der Waals surface area contributed by atoms with E-state index in [1.165, 1.54) is 16.8 Å². The second-order valence-electron chi connectivity index (χ2n) is 3.88. The van der Waals surface area contributed by atoms with Gasteiger partial charge in [-0.3, -0.25) is 4.57 Å². The van der Waals surface area contributed by atoms with Crippen LogP contribution in [0.2, 0.25) is 0 Å². The Morgan fingerprint density at radius 3 is 3.06 bits per heavy atom. The van der Waals surface area contributed by atoms with Gasteiger partial charge in [0.2, 0.25) is 0 Å². The number of ether oxygens (including phenoxy) is 1. The first-order chi connectivity index (χ1) is 8.56. The summed E-state index contributed by atoms with van der Waals surface area (Å²) in [6, 6.07) is 1.52. The first-order valence-corrected chi connectivity index (χ1v) is 6.53. The molecule has 8 nitrogen and oxygen atoms in total. The molecule has 0 saturated carbocycles. The predicted molar refractivity (Wildman–Crippen MR) is 63.4 cm³/mol. The first kappa shape index (κ1) is 13.4. The zero-order chi connectivity index (χ0) is 13.1. The third kappa shape index (κ3) is 3.24. The van der Waals surface area contributed by atoms with Crippen LogP contribution in [0.4, 0.5) is 5.82 Å². The van der Waals surface area contributed by atoms with Gasteiger partial charge in [-0.1, -0.05) is 0 Å². The van der Waals surface area contributed by atoms with Gasteiger partial charge in [0.15, 0.2) is 0 Å². The zero-order valence-electron chi connectivity index (χ0n) is 9.47. The van der Waals surface area contributed by atoms with E-state index in [1.54, 1.807) is 0 Å². The molecule has 2 heterocycles. The van der Waals surface area contributed by atoms with Crippen molar-refractivity contribution in [1.29, 1.82) is 0 Å². The average molecular weight is 275 g/mol. The summed E-state index contributed by atoms with van der Waals surface area (Å²) in [5.41, 5.74) is 4.93. The Morgan fingerprint density at radius 2 is 2.39 bits per heavy atom. The van der Waals surface area contributed by atoms with Crippen molar-refractivity contribution in [3.8, 4) is 0 Å². The quantitative estimate of drug-likeness (QED) is 0.647. The molecule has 1 aromatic heterocycles. The highest BCUT2D eigenvalue weighted by Crippen LogP contribution is 2.31. The van der Waals surface area contributed by atoms with Gasteiger partial charge >= 0.3 is 14.3 Å². The van der Waals surface area contributed by atoms with Crippen molar-refractivity contribution in [2.24, 2.45) is 0 Å². The van der Waals surface area contributed by atoms with E-state index in [0.29, 0.717) is 12.8 Å². The molecular formula is C9H14N3O5P. The normalized spacial score (nSPS) is 23.7. The van der Waals surface area contributed by atoms with Gasteiger partial charge in [0.1, 0.15) is 12.0 Å². The third-order valence-corrected chi connectivity index (χ3v) is 3.00. The first-order valence-electron chi connectivity index (χ1n) is 5.37. The molecule has 0 aliphatic carbocycles. The zero-order valence-corrected chi connectivity index (χ0v) is 10.4. The van der Waals surface area contributed by atoms with Gasteiger partial charge in [-0.05, 0) is 18.9 Å². The molecule has 0 bridgehead atoms. The molecule has 4 N–H and O–H groups in total. The lowest BCUT2D eigenvalue weighted by Gasteiger charge is -2.15. The van der Waals surface area contributed by atoms with E-state index in [0.717, 1.165) is 0 Å². The van der Waals surface area contributed by atoms with E-state index in [2.05, 4.69) is 9.51 Å². The van der Waals surface area contributed by atoms with Gasteiger partial charge < -0.3 is 24.8 Å². The van der Waals surface area contributed by atoms with E-state index in [9.17, 15) is 4.79 Å². The molecule has 2 rings (SSSR count). The van der Waals surface area contributed by atoms with Crippen molar-refractivity contribution in [3.05, 3.63) is 22.7 Å². The minimum Gasteiger partial charge on any atom is -0.383 e. The lowest BCUT2D eigenvalue weighted by Crippen LogP contribution is -2.27. The van der Waals surface area contributed by atoms with Gasteiger partial charge in [-0.25, -0.2) is 4.79 Å². The van der Waals surface area contributed by atoms with Crippen LogP contribution in [-0.4, -0.2) is 32.0 Å². The predicted octanol–water partition coefficient (Wildman–Crippen LogP) is -0.269. The van der Waals surface area contributed by atoms with Crippen molar-refractivity contribution >= 4 is 14.4 Å². The van der Waals surface area contributed by atoms with Crippen LogP contribution < -0.4 is 11.4 Å². The Bertz CT molecular complexity index is 466. The highest BCUT2D eigenvalue weighted by atomic mass is 31.2. The molecule has 9 heteroatoms. The molecule has 1 fully saturated rings. The number of nitrogen functional groups attached to an aromatic ring is 1. The summed E-state index contributed by atoms with van der Waals surface area (Å²) in [6.07, 6.45) is 2.16. The number of nitrogens with two attached hydrogens (primary N) is 1. The van der Waals surface area contributed by atoms with Crippen LogP contribution in [0.25, 0.3) is 0 Å². The lowest BCUT2D eigenvalue weighted by molar-refractivity contribution is -0.0215. The van der Waals surface area contributed by atoms with Crippen LogP contribution in [0.1, 0.15) is 19.1 Å². The van der Waals surface area contributed by atoms with Crippen molar-refractivity contribution in [2.45, 2.75) is 25.2 Å². The molecule has 1 saturated heterocycles. The SMILES string of the molecule is Nc1ccn(C2CCC(COP(O)O)O2)c(=O)n1. The highest BCUT2D eigenvalue weighted by Gasteiger charge is 2.28. The molecule has 0 spiro atoms. The van der Waals surface area contributed by atoms with Gasteiger partial charge in [-0.2, -0.15) is 4.98 Å². The Kier molecular flexibility index (Phi) is 4.26. The fourth-order valence-electron chi connectivity index (χ4n) is 1.81. The second-order valence-corrected chi connectivity index (χ2v) is 4.64. The van der Waals surface area contributed by atoms with E-state index in [4.69, 9.17) is 20.3 Å². The van der Waals surface area contributed by atoms with Crippen molar-refractivity contribution in [2.75, 3.05) is 12.3 Å². The van der Waals surface area contributed by atoms with Gasteiger partial charge in [0, 0.05) is 6.20 Å².